The van der Waals surface area contributed by atoms with Crippen molar-refractivity contribution in [2.75, 3.05) is 32.1 Å². The summed E-state index contributed by atoms with van der Waals surface area (Å²) in [5, 5.41) is 0.982. The number of aromatic nitrogens is 1. The number of fused-ring (bicyclic) bond motifs is 1. The van der Waals surface area contributed by atoms with Gasteiger partial charge in [0.15, 0.2) is 16.8 Å². The maximum absolute atomic E-state index is 13.6. The molecule has 0 saturated carbocycles. The van der Waals surface area contributed by atoms with E-state index in [-0.39, 0.29) is 5.56 Å². The first kappa shape index (κ1) is 19.7. The van der Waals surface area contributed by atoms with Crippen LogP contribution in [0.3, 0.4) is 0 Å². The number of hydrogen-bond donors (Lipinski definition) is 0. The van der Waals surface area contributed by atoms with Gasteiger partial charge in [0.05, 0.1) is 9.72 Å². The summed E-state index contributed by atoms with van der Waals surface area (Å²) in [5.74, 6) is -2.47. The standard InChI is InChI=1S/C19H18ClF2N3OS/c1-24(2)9-4-10-25(18(26)12-7-8-14(21)15(22)11-12)19-23-17-13(20)5-3-6-16(17)27-19/h3,5-8,11H,4,9-10H2,1-2H3. The summed E-state index contributed by atoms with van der Waals surface area (Å²) in [4.78, 5) is 21.0. The monoisotopic (exact) mass is 409 g/mol. The van der Waals surface area contributed by atoms with Crippen LogP contribution in [0.15, 0.2) is 36.4 Å². The van der Waals surface area contributed by atoms with Crippen LogP contribution in [-0.2, 0) is 0 Å². The highest BCUT2D eigenvalue weighted by molar-refractivity contribution is 7.22. The lowest BCUT2D eigenvalue weighted by atomic mass is 10.2. The number of nitrogens with zero attached hydrogens (tertiary/aromatic N) is 3. The van der Waals surface area contributed by atoms with E-state index < -0.39 is 17.5 Å². The van der Waals surface area contributed by atoms with E-state index in [9.17, 15) is 13.6 Å². The topological polar surface area (TPSA) is 36.4 Å². The van der Waals surface area contributed by atoms with Gasteiger partial charge >= 0.3 is 0 Å². The average molecular weight is 410 g/mol. The first-order chi connectivity index (χ1) is 12.9. The molecule has 0 fully saturated rings. The number of hydrogen-bond acceptors (Lipinski definition) is 4. The molecular weight excluding hydrogens is 392 g/mol. The summed E-state index contributed by atoms with van der Waals surface area (Å²) in [6, 6.07) is 8.58. The van der Waals surface area contributed by atoms with Crippen LogP contribution in [0.2, 0.25) is 5.02 Å². The van der Waals surface area contributed by atoms with E-state index in [1.165, 1.54) is 22.3 Å². The minimum absolute atomic E-state index is 0.0732. The van der Waals surface area contributed by atoms with Gasteiger partial charge in [0.25, 0.3) is 5.91 Å². The van der Waals surface area contributed by atoms with E-state index in [4.69, 9.17) is 11.6 Å². The van der Waals surface area contributed by atoms with E-state index in [2.05, 4.69) is 4.98 Å². The van der Waals surface area contributed by atoms with E-state index in [0.717, 1.165) is 23.4 Å². The molecule has 4 nitrogen and oxygen atoms in total. The Morgan fingerprint density at radius 2 is 1.93 bits per heavy atom. The highest BCUT2D eigenvalue weighted by Gasteiger charge is 2.22. The third kappa shape index (κ3) is 4.43. The molecule has 0 unspecified atom stereocenters. The SMILES string of the molecule is CN(C)CCCN(C(=O)c1ccc(F)c(F)c1)c1nc2c(Cl)cccc2s1. The first-order valence-electron chi connectivity index (χ1n) is 8.33. The minimum atomic E-state index is -1.05. The molecular formula is C19H18ClF2N3OS. The Labute approximate surface area is 165 Å². The van der Waals surface area contributed by atoms with Crippen molar-refractivity contribution in [2.24, 2.45) is 0 Å². The molecule has 0 aliphatic rings. The number of benzene rings is 2. The molecule has 0 bridgehead atoms. The Bertz CT molecular complexity index is 977. The predicted molar refractivity (Wildman–Crippen MR) is 106 cm³/mol. The van der Waals surface area contributed by atoms with Gasteiger partial charge < -0.3 is 4.90 Å². The van der Waals surface area contributed by atoms with Gasteiger partial charge in [-0.1, -0.05) is 29.0 Å². The maximum Gasteiger partial charge on any atom is 0.260 e. The Hall–Kier alpha value is -2.09. The van der Waals surface area contributed by atoms with E-state index in [1.807, 2.05) is 31.1 Å². The fourth-order valence-electron chi connectivity index (χ4n) is 2.63. The quantitative estimate of drug-likeness (QED) is 0.585. The lowest BCUT2D eigenvalue weighted by Gasteiger charge is -2.21. The number of thiazole rings is 1. The predicted octanol–water partition coefficient (Wildman–Crippen LogP) is 4.83. The largest absolute Gasteiger partial charge is 0.309 e. The van der Waals surface area contributed by atoms with E-state index in [1.54, 1.807) is 6.07 Å². The van der Waals surface area contributed by atoms with Crippen LogP contribution in [0.5, 0.6) is 0 Å². The minimum Gasteiger partial charge on any atom is -0.309 e. The molecule has 0 saturated heterocycles. The lowest BCUT2D eigenvalue weighted by molar-refractivity contribution is 0.0985. The summed E-state index contributed by atoms with van der Waals surface area (Å²) in [7, 11) is 3.89. The number of anilines is 1. The number of carbonyl (C=O) groups is 1. The molecule has 27 heavy (non-hydrogen) atoms. The second kappa shape index (κ2) is 8.29. The molecule has 0 aliphatic heterocycles. The number of amides is 1. The molecule has 3 aromatic rings. The fourth-order valence-corrected chi connectivity index (χ4v) is 3.92. The van der Waals surface area contributed by atoms with Gasteiger partial charge in [-0.25, -0.2) is 13.8 Å². The van der Waals surface area contributed by atoms with Crippen molar-refractivity contribution < 1.29 is 13.6 Å². The van der Waals surface area contributed by atoms with Crippen molar-refractivity contribution in [3.63, 3.8) is 0 Å². The second-order valence-corrected chi connectivity index (χ2v) is 7.74. The van der Waals surface area contributed by atoms with Crippen molar-refractivity contribution in [1.29, 1.82) is 0 Å². The zero-order chi connectivity index (χ0) is 19.6. The normalized spacial score (nSPS) is 11.3. The molecule has 1 amide bonds. The maximum atomic E-state index is 13.6. The molecule has 0 N–H and O–H groups in total. The first-order valence-corrected chi connectivity index (χ1v) is 9.53. The van der Waals surface area contributed by atoms with Crippen LogP contribution in [0.25, 0.3) is 10.2 Å². The van der Waals surface area contributed by atoms with Crippen LogP contribution in [0.4, 0.5) is 13.9 Å². The summed E-state index contributed by atoms with van der Waals surface area (Å²) in [6.45, 7) is 1.17. The van der Waals surface area contributed by atoms with Crippen LogP contribution in [0.1, 0.15) is 16.8 Å². The van der Waals surface area contributed by atoms with E-state index >= 15 is 0 Å². The molecule has 3 rings (SSSR count). The highest BCUT2D eigenvalue weighted by atomic mass is 35.5. The Balaban J connectivity index is 1.97. The molecule has 142 valence electrons. The fraction of sp³-hybridized carbons (Fsp3) is 0.263. The third-order valence-electron chi connectivity index (χ3n) is 3.99. The van der Waals surface area contributed by atoms with Gasteiger partial charge in [-0.05, 0) is 57.4 Å². The van der Waals surface area contributed by atoms with Crippen LogP contribution >= 0.6 is 22.9 Å². The third-order valence-corrected chi connectivity index (χ3v) is 5.34. The molecule has 0 aliphatic carbocycles. The van der Waals surface area contributed by atoms with Gasteiger partial charge in [-0.15, -0.1) is 0 Å². The van der Waals surface area contributed by atoms with Gasteiger partial charge in [0.1, 0.15) is 5.52 Å². The zero-order valence-electron chi connectivity index (χ0n) is 14.9. The molecule has 0 atom stereocenters. The van der Waals surface area contributed by atoms with Crippen molar-refractivity contribution in [3.05, 3.63) is 58.6 Å². The number of para-hydroxylation sites is 1. The summed E-state index contributed by atoms with van der Waals surface area (Å²) >= 11 is 7.54. The van der Waals surface area contributed by atoms with Gasteiger partial charge in [-0.3, -0.25) is 9.69 Å². The molecule has 1 aromatic heterocycles. The van der Waals surface area contributed by atoms with Crippen molar-refractivity contribution >= 4 is 44.2 Å². The molecule has 0 spiro atoms. The summed E-state index contributed by atoms with van der Waals surface area (Å²) in [6.07, 6.45) is 0.700. The Kier molecular flexibility index (Phi) is 6.04. The van der Waals surface area contributed by atoms with Crippen LogP contribution in [0, 0.1) is 11.6 Å². The van der Waals surface area contributed by atoms with Crippen molar-refractivity contribution in [3.8, 4) is 0 Å². The van der Waals surface area contributed by atoms with Gasteiger partial charge in [-0.2, -0.15) is 0 Å². The van der Waals surface area contributed by atoms with Gasteiger partial charge in [0.2, 0.25) is 0 Å². The zero-order valence-corrected chi connectivity index (χ0v) is 16.4. The number of halogens is 3. The molecule has 1 heterocycles. The Morgan fingerprint density at radius 3 is 2.59 bits per heavy atom. The van der Waals surface area contributed by atoms with Crippen LogP contribution < -0.4 is 4.90 Å². The highest BCUT2D eigenvalue weighted by Crippen LogP contribution is 2.33. The molecule has 2 aromatic carbocycles. The van der Waals surface area contributed by atoms with Crippen molar-refractivity contribution in [1.82, 2.24) is 9.88 Å². The lowest BCUT2D eigenvalue weighted by Crippen LogP contribution is -2.33. The Morgan fingerprint density at radius 1 is 1.15 bits per heavy atom. The van der Waals surface area contributed by atoms with Crippen molar-refractivity contribution in [2.45, 2.75) is 6.42 Å². The van der Waals surface area contributed by atoms with Crippen LogP contribution in [-0.4, -0.2) is 43.0 Å². The number of carbonyl (C=O) groups excluding carboxylic acids is 1. The molecule has 8 heteroatoms. The molecule has 0 radical (unpaired) electrons. The average Bonchev–Trinajstić information content (AvgIpc) is 3.05. The summed E-state index contributed by atoms with van der Waals surface area (Å²) in [5.41, 5.74) is 0.693. The van der Waals surface area contributed by atoms with E-state index in [0.29, 0.717) is 28.6 Å². The smallest absolute Gasteiger partial charge is 0.260 e. The van der Waals surface area contributed by atoms with Gasteiger partial charge in [0, 0.05) is 12.1 Å². The second-order valence-electron chi connectivity index (χ2n) is 6.33. The summed E-state index contributed by atoms with van der Waals surface area (Å²) < 4.78 is 27.7. The number of rotatable bonds is 6.